The molecular weight excluding hydrogens is 1650 g/mol. The summed E-state index contributed by atoms with van der Waals surface area (Å²) in [5.74, 6) is -0.728. The van der Waals surface area contributed by atoms with Crippen molar-refractivity contribution in [3.8, 4) is 45.5 Å². The maximum Gasteiger partial charge on any atom is 0.354 e. The first-order valence-electron chi connectivity index (χ1n) is 21.3. The van der Waals surface area contributed by atoms with Crippen LogP contribution in [0.1, 0.15) is 10.5 Å². The van der Waals surface area contributed by atoms with Crippen LogP contribution in [0.25, 0.3) is 67.7 Å². The molecule has 0 fully saturated rings. The van der Waals surface area contributed by atoms with E-state index in [0.29, 0.717) is 11.5 Å². The summed E-state index contributed by atoms with van der Waals surface area (Å²) in [4.78, 5) is 43.8. The van der Waals surface area contributed by atoms with Crippen LogP contribution in [-0.2, 0) is 80.4 Å². The third kappa shape index (κ3) is 16.4. The summed E-state index contributed by atoms with van der Waals surface area (Å²) in [5, 5.41) is 12.3. The van der Waals surface area contributed by atoms with Gasteiger partial charge in [-0.25, -0.2) is 24.4 Å². The van der Waals surface area contributed by atoms with Crippen LogP contribution >= 0.6 is 0 Å². The van der Waals surface area contributed by atoms with E-state index < -0.39 is 17.6 Å². The van der Waals surface area contributed by atoms with Crippen LogP contribution in [0.4, 0.5) is 8.78 Å². The summed E-state index contributed by atoms with van der Waals surface area (Å²) in [7, 11) is 0. The van der Waals surface area contributed by atoms with Gasteiger partial charge in [0.1, 0.15) is 18.3 Å². The molecule has 13 nitrogen and oxygen atoms in total. The monoisotopic (exact) mass is 1690 g/mol. The Labute approximate surface area is 478 Å². The van der Waals surface area contributed by atoms with Gasteiger partial charge in [-0.15, -0.1) is 54.1 Å². The summed E-state index contributed by atoms with van der Waals surface area (Å²) >= 11 is 0. The molecular formula is C55H37F2Ir4N11O2-4. The molecule has 0 spiro atoms. The number of imidazole rings is 2. The minimum atomic E-state index is -0.990. The van der Waals surface area contributed by atoms with Gasteiger partial charge < -0.3 is 24.6 Å². The number of carboxylic acids is 1. The number of aromatic nitrogens is 11. The van der Waals surface area contributed by atoms with Crippen LogP contribution in [-0.4, -0.2) is 60.3 Å². The molecule has 378 valence electrons. The topological polar surface area (TPSA) is 164 Å². The second kappa shape index (κ2) is 30.7. The molecule has 0 saturated heterocycles. The standard InChI is InChI=1S/C18H12N3.C12H8N3.C11H6F2N.C8H6N3.C6H5NO2.4Ir/c1-3-8-14(9-4-1)17-20-16-12-7-13-19-18(16)21(17)15-10-5-2-6-11-15;1-2-6-10-9(5-1)14-12(15-10)11-7-3-4-8-13-11;12-8-4-5-9(10(13)7-8)11-3-1-2-6-14-11;1-2-4-8(5-3-1)11-7-9-6-10-11;8-6(9)5-3-1-2-4-7-5;;;;/h1-8,10-13H;1-8H;1-4,6-7H;1-4,6-7H;1-4H,(H,8,9);;;;/q4*-1;;;;;. The Morgan fingerprint density at radius 2 is 1.23 bits per heavy atom. The molecule has 12 aromatic rings. The first kappa shape index (κ1) is 59.3. The number of hydrogen-bond donors (Lipinski definition) is 1. The molecule has 7 aromatic heterocycles. The Morgan fingerprint density at radius 3 is 1.82 bits per heavy atom. The van der Waals surface area contributed by atoms with Crippen molar-refractivity contribution in [2.75, 3.05) is 0 Å². The zero-order valence-corrected chi connectivity index (χ0v) is 47.7. The Morgan fingerprint density at radius 1 is 0.595 bits per heavy atom. The zero-order valence-electron chi connectivity index (χ0n) is 38.1. The van der Waals surface area contributed by atoms with Crippen LogP contribution in [0.3, 0.4) is 0 Å². The largest absolute Gasteiger partial charge is 0.477 e. The number of benzene rings is 5. The predicted octanol–water partition coefficient (Wildman–Crippen LogP) is 10.8. The maximum atomic E-state index is 13.2. The van der Waals surface area contributed by atoms with E-state index >= 15 is 0 Å². The Kier molecular flexibility index (Phi) is 24.6. The Hall–Kier alpha value is -7.29. The van der Waals surface area contributed by atoms with Crippen molar-refractivity contribution in [3.05, 3.63) is 255 Å². The molecule has 0 saturated carbocycles. The van der Waals surface area contributed by atoms with E-state index in [9.17, 15) is 13.6 Å². The van der Waals surface area contributed by atoms with Crippen molar-refractivity contribution >= 4 is 28.2 Å². The van der Waals surface area contributed by atoms with E-state index in [2.05, 4.69) is 74.9 Å². The van der Waals surface area contributed by atoms with Gasteiger partial charge in [0.25, 0.3) is 0 Å². The van der Waals surface area contributed by atoms with Crippen molar-refractivity contribution in [1.82, 2.24) is 54.2 Å². The van der Waals surface area contributed by atoms with Gasteiger partial charge in [-0.2, -0.15) is 29.4 Å². The molecule has 0 amide bonds. The molecule has 12 rings (SSSR count). The van der Waals surface area contributed by atoms with Gasteiger partial charge in [0.2, 0.25) is 0 Å². The van der Waals surface area contributed by atoms with E-state index in [1.807, 2.05) is 121 Å². The van der Waals surface area contributed by atoms with Crippen molar-refractivity contribution in [3.63, 3.8) is 0 Å². The first-order valence-corrected chi connectivity index (χ1v) is 21.3. The van der Waals surface area contributed by atoms with Crippen LogP contribution < -0.4 is 4.98 Å². The predicted molar refractivity (Wildman–Crippen MR) is 261 cm³/mol. The maximum absolute atomic E-state index is 13.2. The molecule has 0 aliphatic heterocycles. The summed E-state index contributed by atoms with van der Waals surface area (Å²) in [6, 6.07) is 63.6. The molecule has 7 heterocycles. The van der Waals surface area contributed by atoms with Crippen molar-refractivity contribution in [1.29, 1.82) is 0 Å². The van der Waals surface area contributed by atoms with Crippen molar-refractivity contribution in [2.45, 2.75) is 0 Å². The molecule has 0 unspecified atom stereocenters. The number of para-hydroxylation sites is 4. The summed E-state index contributed by atoms with van der Waals surface area (Å²) in [5.41, 5.74) is 8.01. The fraction of sp³-hybridized carbons (Fsp3) is 0. The number of carboxylic acid groups (broad SMARTS) is 1. The van der Waals surface area contributed by atoms with Crippen LogP contribution in [0, 0.1) is 29.8 Å². The molecule has 0 bridgehead atoms. The molecule has 5 aromatic carbocycles. The average molecular weight is 1690 g/mol. The Balaban J connectivity index is 0.000000203. The van der Waals surface area contributed by atoms with E-state index in [0.717, 1.165) is 62.8 Å². The number of halogens is 2. The summed E-state index contributed by atoms with van der Waals surface area (Å²) in [6.07, 6.45) is 9.68. The second-order valence-corrected chi connectivity index (χ2v) is 14.3. The normalized spacial score (nSPS) is 9.70. The molecule has 74 heavy (non-hydrogen) atoms. The van der Waals surface area contributed by atoms with E-state index in [4.69, 9.17) is 10.1 Å². The quantitative estimate of drug-likeness (QED) is 0.158. The zero-order chi connectivity index (χ0) is 48.3. The minimum Gasteiger partial charge on any atom is -0.477 e. The summed E-state index contributed by atoms with van der Waals surface area (Å²) < 4.78 is 29.5. The van der Waals surface area contributed by atoms with Crippen LogP contribution in [0.2, 0.25) is 0 Å². The van der Waals surface area contributed by atoms with Gasteiger partial charge >= 0.3 is 5.97 Å². The van der Waals surface area contributed by atoms with Gasteiger partial charge in [0, 0.05) is 123 Å². The number of hydrogen-bond acceptors (Lipinski definition) is 9. The van der Waals surface area contributed by atoms with Gasteiger partial charge in [0.05, 0.1) is 17.0 Å². The molecule has 0 atom stereocenters. The van der Waals surface area contributed by atoms with Gasteiger partial charge in [-0.3, -0.25) is 18.7 Å². The van der Waals surface area contributed by atoms with Gasteiger partial charge in [-0.1, -0.05) is 78.4 Å². The third-order valence-electron chi connectivity index (χ3n) is 9.63. The molecule has 19 heteroatoms. The molecule has 4 radical (unpaired) electrons. The van der Waals surface area contributed by atoms with Gasteiger partial charge in [-0.05, 0) is 82.8 Å². The summed E-state index contributed by atoms with van der Waals surface area (Å²) in [6.45, 7) is 0. The minimum absolute atomic E-state index is 0. The number of nitrogens with zero attached hydrogens (tertiary/aromatic N) is 11. The van der Waals surface area contributed by atoms with Crippen LogP contribution in [0.15, 0.2) is 219 Å². The fourth-order valence-corrected chi connectivity index (χ4v) is 6.46. The number of aromatic carboxylic acids is 1. The van der Waals surface area contributed by atoms with Crippen molar-refractivity contribution in [2.24, 2.45) is 0 Å². The fourth-order valence-electron chi connectivity index (χ4n) is 6.46. The third-order valence-corrected chi connectivity index (χ3v) is 9.63. The number of fused-ring (bicyclic) bond motifs is 2. The SMILES string of the molecule is Fc1c[c-]c(-c2ccccn2)c(F)c1.O=C(O)c1ccccn1.[Ir].[Ir].[Ir].[Ir].[c-]1ccccc1-c1nc2cccnc2n1-c1ccccc1.[c-]1ccccc1-n1cncn1.c1ccc(-c2nc3ccccc3[n-]2)nc1. The smallest absolute Gasteiger partial charge is 0.354 e. The first-order chi connectivity index (χ1) is 34.4. The number of rotatable bonds is 6. The second-order valence-electron chi connectivity index (χ2n) is 14.3. The van der Waals surface area contributed by atoms with E-state index in [1.165, 1.54) is 18.6 Å². The average Bonchev–Trinajstić information content (AvgIpc) is 4.22. The van der Waals surface area contributed by atoms with Crippen LogP contribution in [0.5, 0.6) is 0 Å². The van der Waals surface area contributed by atoms with Gasteiger partial charge in [0.15, 0.2) is 5.65 Å². The molecule has 0 aliphatic rings. The van der Waals surface area contributed by atoms with Crippen molar-refractivity contribution < 1.29 is 99.1 Å². The van der Waals surface area contributed by atoms with E-state index in [-0.39, 0.29) is 91.7 Å². The number of pyridine rings is 4. The molecule has 0 aliphatic carbocycles. The molecule has 1 N–H and O–H groups in total. The Bertz CT molecular complexity index is 3470. The number of carbonyl (C=O) groups is 1. The van der Waals surface area contributed by atoms with E-state index in [1.54, 1.807) is 59.9 Å².